The number of amides is 1. The first-order valence-electron chi connectivity index (χ1n) is 8.55. The maximum Gasteiger partial charge on any atom is 0.257 e. The summed E-state index contributed by atoms with van der Waals surface area (Å²) in [6, 6.07) is 11.7. The topological polar surface area (TPSA) is 60.5 Å². The lowest BCUT2D eigenvalue weighted by molar-refractivity contribution is 0.102. The van der Waals surface area contributed by atoms with Crippen molar-refractivity contribution < 1.29 is 14.3 Å². The van der Waals surface area contributed by atoms with Crippen LogP contribution in [0.2, 0.25) is 0 Å². The third-order valence-corrected chi connectivity index (χ3v) is 5.51. The normalized spacial score (nSPS) is 14.3. The van der Waals surface area contributed by atoms with Crippen LogP contribution in [-0.4, -0.2) is 17.7 Å². The fourth-order valence-corrected chi connectivity index (χ4v) is 4.12. The van der Waals surface area contributed by atoms with Crippen LogP contribution >= 0.6 is 11.3 Å². The highest BCUT2D eigenvalue weighted by Crippen LogP contribution is 2.33. The second-order valence-electron chi connectivity index (χ2n) is 6.40. The van der Waals surface area contributed by atoms with Crippen molar-refractivity contribution in [3.63, 3.8) is 0 Å². The maximum absolute atomic E-state index is 12.5. The van der Waals surface area contributed by atoms with Crippen LogP contribution in [0, 0.1) is 0 Å². The van der Waals surface area contributed by atoms with E-state index in [9.17, 15) is 4.79 Å². The number of nitrogens with one attached hydrogen (secondary N) is 1. The molecule has 0 radical (unpaired) electrons. The number of fused-ring (bicyclic) bond motifs is 2. The van der Waals surface area contributed by atoms with Gasteiger partial charge in [-0.15, -0.1) is 11.3 Å². The molecule has 0 bridgehead atoms. The largest absolute Gasteiger partial charge is 0.454 e. The Kier molecular flexibility index (Phi) is 3.64. The minimum Gasteiger partial charge on any atom is -0.454 e. The fraction of sp³-hybridized carbons (Fsp3) is 0.200. The summed E-state index contributed by atoms with van der Waals surface area (Å²) >= 11 is 1.43. The molecule has 0 unspecified atom stereocenters. The summed E-state index contributed by atoms with van der Waals surface area (Å²) in [5.41, 5.74) is 5.38. The molecule has 0 spiro atoms. The molecule has 1 amide bonds. The van der Waals surface area contributed by atoms with Gasteiger partial charge < -0.3 is 9.47 Å². The van der Waals surface area contributed by atoms with Gasteiger partial charge in [0.25, 0.3) is 5.91 Å². The molecule has 2 aliphatic rings. The van der Waals surface area contributed by atoms with Gasteiger partial charge in [-0.1, -0.05) is 12.1 Å². The number of hydrogen-bond donors (Lipinski definition) is 1. The average Bonchev–Trinajstić information content (AvgIpc) is 3.40. The number of thiazole rings is 1. The molecule has 1 aliphatic carbocycles. The Morgan fingerprint density at radius 3 is 2.88 bits per heavy atom. The number of ether oxygens (including phenoxy) is 2. The Morgan fingerprint density at radius 2 is 1.92 bits per heavy atom. The predicted molar refractivity (Wildman–Crippen MR) is 100 cm³/mol. The van der Waals surface area contributed by atoms with Crippen molar-refractivity contribution in [1.82, 2.24) is 4.98 Å². The number of aromatic nitrogens is 1. The van der Waals surface area contributed by atoms with Crippen LogP contribution in [0.4, 0.5) is 5.13 Å². The van der Waals surface area contributed by atoms with Crippen molar-refractivity contribution in [3.8, 4) is 22.8 Å². The Morgan fingerprint density at radius 1 is 1.04 bits per heavy atom. The molecule has 26 heavy (non-hydrogen) atoms. The van der Waals surface area contributed by atoms with Gasteiger partial charge in [-0.25, -0.2) is 4.98 Å². The van der Waals surface area contributed by atoms with Gasteiger partial charge in [0, 0.05) is 16.5 Å². The van der Waals surface area contributed by atoms with Gasteiger partial charge >= 0.3 is 0 Å². The third kappa shape index (κ3) is 2.72. The molecule has 0 saturated carbocycles. The number of benzene rings is 2. The Labute approximate surface area is 154 Å². The van der Waals surface area contributed by atoms with Crippen LogP contribution < -0.4 is 14.8 Å². The highest BCUT2D eigenvalue weighted by Gasteiger charge is 2.17. The number of aryl methyl sites for hydroxylation is 2. The second kappa shape index (κ2) is 6.14. The molecule has 1 aliphatic heterocycles. The number of nitrogens with zero attached hydrogens (tertiary/aromatic N) is 1. The third-order valence-electron chi connectivity index (χ3n) is 4.75. The first-order valence-corrected chi connectivity index (χ1v) is 9.43. The molecule has 1 N–H and O–H groups in total. The monoisotopic (exact) mass is 364 g/mol. The minimum atomic E-state index is -0.210. The van der Waals surface area contributed by atoms with Gasteiger partial charge in [0.15, 0.2) is 16.6 Å². The molecule has 5 nitrogen and oxygen atoms in total. The van der Waals surface area contributed by atoms with E-state index in [2.05, 4.69) is 28.5 Å². The average molecular weight is 364 g/mol. The summed E-state index contributed by atoms with van der Waals surface area (Å²) in [6.45, 7) is 0.191. The van der Waals surface area contributed by atoms with E-state index >= 15 is 0 Å². The van der Waals surface area contributed by atoms with Crippen LogP contribution in [0.25, 0.3) is 11.3 Å². The molecule has 5 rings (SSSR count). The smallest absolute Gasteiger partial charge is 0.257 e. The zero-order valence-corrected chi connectivity index (χ0v) is 14.8. The van der Waals surface area contributed by atoms with E-state index < -0.39 is 0 Å². The lowest BCUT2D eigenvalue weighted by Crippen LogP contribution is -2.11. The van der Waals surface area contributed by atoms with Crippen LogP contribution in [0.1, 0.15) is 27.9 Å². The quantitative estimate of drug-likeness (QED) is 0.754. The Hall–Kier alpha value is -2.86. The van der Waals surface area contributed by atoms with E-state index in [-0.39, 0.29) is 12.7 Å². The number of hydrogen-bond acceptors (Lipinski definition) is 5. The molecule has 2 aromatic carbocycles. The van der Waals surface area contributed by atoms with Gasteiger partial charge in [0.1, 0.15) is 0 Å². The van der Waals surface area contributed by atoms with E-state index in [1.54, 1.807) is 18.2 Å². The lowest BCUT2D eigenvalue weighted by atomic mass is 10.1. The number of carbonyl (C=O) groups excluding carboxylic acids is 1. The zero-order chi connectivity index (χ0) is 17.5. The first kappa shape index (κ1) is 15.4. The molecule has 1 aromatic heterocycles. The van der Waals surface area contributed by atoms with Crippen molar-refractivity contribution in [1.29, 1.82) is 0 Å². The van der Waals surface area contributed by atoms with E-state index in [1.807, 2.05) is 5.38 Å². The van der Waals surface area contributed by atoms with Crippen molar-refractivity contribution in [2.45, 2.75) is 19.3 Å². The van der Waals surface area contributed by atoms with Gasteiger partial charge in [0.2, 0.25) is 6.79 Å². The van der Waals surface area contributed by atoms with Crippen LogP contribution in [0.15, 0.2) is 41.8 Å². The highest BCUT2D eigenvalue weighted by molar-refractivity contribution is 7.14. The summed E-state index contributed by atoms with van der Waals surface area (Å²) in [5, 5.41) is 5.43. The molecule has 0 fully saturated rings. The summed E-state index contributed by atoms with van der Waals surface area (Å²) in [5.74, 6) is 1.04. The van der Waals surface area contributed by atoms with Crippen molar-refractivity contribution in [2.75, 3.05) is 12.1 Å². The number of carbonyl (C=O) groups is 1. The van der Waals surface area contributed by atoms with Crippen molar-refractivity contribution >= 4 is 22.4 Å². The van der Waals surface area contributed by atoms with Gasteiger partial charge in [-0.05, 0) is 54.7 Å². The summed E-state index contributed by atoms with van der Waals surface area (Å²) < 4.78 is 10.6. The first-order chi connectivity index (χ1) is 12.8. The van der Waals surface area contributed by atoms with E-state index in [1.165, 1.54) is 35.3 Å². The van der Waals surface area contributed by atoms with Crippen LogP contribution in [-0.2, 0) is 12.8 Å². The standard InChI is InChI=1S/C20H16N2O3S/c23-19(15-6-7-17-18(9-15)25-11-24-17)22-20-21-16(10-26-20)14-5-4-12-2-1-3-13(12)8-14/h4-10H,1-3,11H2,(H,21,22,23). The van der Waals surface area contributed by atoms with E-state index in [0.29, 0.717) is 22.2 Å². The lowest BCUT2D eigenvalue weighted by Gasteiger charge is -2.04. The van der Waals surface area contributed by atoms with Gasteiger partial charge in [-0.2, -0.15) is 0 Å². The number of rotatable bonds is 3. The maximum atomic E-state index is 12.5. The summed E-state index contributed by atoms with van der Waals surface area (Å²) in [6.07, 6.45) is 3.54. The molecule has 3 aromatic rings. The SMILES string of the molecule is O=C(Nc1nc(-c2ccc3c(c2)CCC3)cs1)c1ccc2c(c1)OCO2. The van der Waals surface area contributed by atoms with Crippen LogP contribution in [0.5, 0.6) is 11.5 Å². The van der Waals surface area contributed by atoms with Gasteiger partial charge in [-0.3, -0.25) is 10.1 Å². The molecule has 0 saturated heterocycles. The molecular weight excluding hydrogens is 348 g/mol. The van der Waals surface area contributed by atoms with E-state index in [4.69, 9.17) is 9.47 Å². The molecular formula is C20H16N2O3S. The van der Waals surface area contributed by atoms with Crippen molar-refractivity contribution in [3.05, 3.63) is 58.5 Å². The van der Waals surface area contributed by atoms with E-state index in [0.717, 1.165) is 17.7 Å². The van der Waals surface area contributed by atoms with Crippen LogP contribution in [0.3, 0.4) is 0 Å². The molecule has 0 atom stereocenters. The minimum absolute atomic E-state index is 0.191. The highest BCUT2D eigenvalue weighted by atomic mass is 32.1. The Balaban J connectivity index is 1.35. The fourth-order valence-electron chi connectivity index (χ4n) is 3.40. The number of anilines is 1. The zero-order valence-electron chi connectivity index (χ0n) is 14.0. The van der Waals surface area contributed by atoms with Crippen molar-refractivity contribution in [2.24, 2.45) is 0 Å². The summed E-state index contributed by atoms with van der Waals surface area (Å²) in [4.78, 5) is 17.0. The second-order valence-corrected chi connectivity index (χ2v) is 7.26. The van der Waals surface area contributed by atoms with Gasteiger partial charge in [0.05, 0.1) is 5.69 Å². The predicted octanol–water partition coefficient (Wildman–Crippen LogP) is 4.28. The Bertz CT molecular complexity index is 1010. The molecule has 2 heterocycles. The summed E-state index contributed by atoms with van der Waals surface area (Å²) in [7, 11) is 0. The molecule has 6 heteroatoms. The molecule has 130 valence electrons.